The van der Waals surface area contributed by atoms with Crippen LogP contribution in [-0.2, 0) is 12.1 Å². The van der Waals surface area contributed by atoms with E-state index >= 15 is 0 Å². The Labute approximate surface area is 109 Å². The first-order valence-electron chi connectivity index (χ1n) is 5.93. The van der Waals surface area contributed by atoms with Gasteiger partial charge in [0.1, 0.15) is 11.6 Å². The van der Waals surface area contributed by atoms with E-state index in [1.807, 2.05) is 0 Å². The topological polar surface area (TPSA) is 26.0 Å². The summed E-state index contributed by atoms with van der Waals surface area (Å²) in [5.41, 5.74) is 4.32. The number of rotatable bonds is 4. The van der Waals surface area contributed by atoms with Gasteiger partial charge in [0.05, 0.1) is 0 Å². The van der Waals surface area contributed by atoms with Crippen LogP contribution in [0.25, 0.3) is 0 Å². The maximum absolute atomic E-state index is 14.8. The summed E-state index contributed by atoms with van der Waals surface area (Å²) >= 11 is 0. The molecule has 0 saturated heterocycles. The van der Waals surface area contributed by atoms with Gasteiger partial charge in [-0.25, -0.2) is 13.2 Å². The molecule has 2 N–H and O–H groups in total. The maximum atomic E-state index is 14.8. The molecular weight excluding hydrogens is 251 g/mol. The lowest BCUT2D eigenvalue weighted by molar-refractivity contribution is 0.175. The van der Waals surface area contributed by atoms with Crippen molar-refractivity contribution in [2.75, 3.05) is 6.54 Å². The monoisotopic (exact) mass is 265 g/mol. The Morgan fingerprint density at radius 1 is 0.947 bits per heavy atom. The molecule has 2 rings (SSSR count). The molecule has 4 heteroatoms. The number of hydrogen-bond donors (Lipinski definition) is 1. The quantitative estimate of drug-likeness (QED) is 0.901. The van der Waals surface area contributed by atoms with Crippen LogP contribution in [0, 0.1) is 11.6 Å². The van der Waals surface area contributed by atoms with E-state index in [0.717, 1.165) is 18.2 Å². The molecule has 0 spiro atoms. The summed E-state index contributed by atoms with van der Waals surface area (Å²) < 4.78 is 41.1. The summed E-state index contributed by atoms with van der Waals surface area (Å²) in [5, 5.41) is 0. The van der Waals surface area contributed by atoms with Gasteiger partial charge in [-0.2, -0.15) is 0 Å². The number of alkyl halides is 1. The van der Waals surface area contributed by atoms with Gasteiger partial charge in [-0.15, -0.1) is 0 Å². The molecule has 1 nitrogen and oxygen atoms in total. The van der Waals surface area contributed by atoms with Crippen molar-refractivity contribution in [1.82, 2.24) is 0 Å². The van der Waals surface area contributed by atoms with E-state index in [-0.39, 0.29) is 18.5 Å². The number of nitrogens with two attached hydrogens (primary N) is 1. The Hall–Kier alpha value is -1.81. The van der Waals surface area contributed by atoms with Crippen LogP contribution in [0.3, 0.4) is 0 Å². The fourth-order valence-electron chi connectivity index (χ4n) is 2.07. The lowest BCUT2D eigenvalue weighted by atomic mass is 9.89. The summed E-state index contributed by atoms with van der Waals surface area (Å²) in [6.07, 6.45) is -0.164. The Kier molecular flexibility index (Phi) is 3.90. The summed E-state index contributed by atoms with van der Waals surface area (Å²) in [6, 6.07) is 11.4. The highest BCUT2D eigenvalue weighted by atomic mass is 19.1. The van der Waals surface area contributed by atoms with Gasteiger partial charge in [-0.3, -0.25) is 0 Å². The molecule has 0 saturated carbocycles. The molecular formula is C15H14F3N. The van der Waals surface area contributed by atoms with Crippen LogP contribution in [0.15, 0.2) is 48.5 Å². The largest absolute Gasteiger partial charge is 0.327 e. The maximum Gasteiger partial charge on any atom is 0.152 e. The predicted octanol–water partition coefficient (Wildman–Crippen LogP) is 3.33. The van der Waals surface area contributed by atoms with Gasteiger partial charge in [0.15, 0.2) is 5.67 Å². The van der Waals surface area contributed by atoms with E-state index in [2.05, 4.69) is 0 Å². The summed E-state index contributed by atoms with van der Waals surface area (Å²) in [4.78, 5) is 0. The molecule has 2 aromatic carbocycles. The van der Waals surface area contributed by atoms with E-state index in [4.69, 9.17) is 5.73 Å². The fourth-order valence-corrected chi connectivity index (χ4v) is 2.07. The third kappa shape index (κ3) is 3.15. The first kappa shape index (κ1) is 13.6. The first-order chi connectivity index (χ1) is 9.03. The zero-order valence-corrected chi connectivity index (χ0v) is 10.2. The number of halogens is 3. The molecule has 0 amide bonds. The molecule has 0 heterocycles. The third-order valence-electron chi connectivity index (χ3n) is 3.02. The molecule has 19 heavy (non-hydrogen) atoms. The van der Waals surface area contributed by atoms with Gasteiger partial charge in [0.25, 0.3) is 0 Å². The molecule has 100 valence electrons. The van der Waals surface area contributed by atoms with E-state index < -0.39 is 17.3 Å². The van der Waals surface area contributed by atoms with Crippen LogP contribution >= 0.6 is 0 Å². The molecule has 0 aliphatic rings. The van der Waals surface area contributed by atoms with Crippen LogP contribution in [0.2, 0.25) is 0 Å². The predicted molar refractivity (Wildman–Crippen MR) is 68.3 cm³/mol. The average molecular weight is 265 g/mol. The SMILES string of the molecule is NCC(F)(Cc1cc(F)cc(F)c1)c1ccccc1. The zero-order chi connectivity index (χ0) is 13.9. The van der Waals surface area contributed by atoms with Gasteiger partial charge in [0.2, 0.25) is 0 Å². The van der Waals surface area contributed by atoms with Crippen LogP contribution in [0.1, 0.15) is 11.1 Å². The summed E-state index contributed by atoms with van der Waals surface area (Å²) in [5.74, 6) is -1.44. The standard InChI is InChI=1S/C15H14F3N/c16-13-6-11(7-14(17)8-13)9-15(18,10-19)12-4-2-1-3-5-12/h1-8H,9-10,19H2. The van der Waals surface area contributed by atoms with Crippen molar-refractivity contribution < 1.29 is 13.2 Å². The highest BCUT2D eigenvalue weighted by Crippen LogP contribution is 2.29. The smallest absolute Gasteiger partial charge is 0.152 e. The van der Waals surface area contributed by atoms with E-state index in [1.54, 1.807) is 30.3 Å². The highest BCUT2D eigenvalue weighted by molar-refractivity contribution is 5.28. The van der Waals surface area contributed by atoms with E-state index in [0.29, 0.717) is 5.56 Å². The first-order valence-corrected chi connectivity index (χ1v) is 5.93. The van der Waals surface area contributed by atoms with Crippen molar-refractivity contribution in [3.05, 3.63) is 71.3 Å². The Bertz CT molecular complexity index is 536. The van der Waals surface area contributed by atoms with Gasteiger partial charge in [-0.05, 0) is 23.3 Å². The summed E-state index contributed by atoms with van der Waals surface area (Å²) in [6.45, 7) is -0.255. The Balaban J connectivity index is 2.33. The van der Waals surface area contributed by atoms with Crippen molar-refractivity contribution in [2.45, 2.75) is 12.1 Å². The lowest BCUT2D eigenvalue weighted by Gasteiger charge is -2.24. The minimum absolute atomic E-state index is 0.164. The van der Waals surface area contributed by atoms with Gasteiger partial charge < -0.3 is 5.73 Å². The average Bonchev–Trinajstić information content (AvgIpc) is 2.38. The molecule has 0 aliphatic carbocycles. The highest BCUT2D eigenvalue weighted by Gasteiger charge is 2.30. The fraction of sp³-hybridized carbons (Fsp3) is 0.200. The number of benzene rings is 2. The van der Waals surface area contributed by atoms with Gasteiger partial charge in [0, 0.05) is 19.0 Å². The van der Waals surface area contributed by atoms with Crippen molar-refractivity contribution in [3.63, 3.8) is 0 Å². The molecule has 1 atom stereocenters. The van der Waals surface area contributed by atoms with E-state index in [1.165, 1.54) is 0 Å². The zero-order valence-electron chi connectivity index (χ0n) is 10.2. The summed E-state index contributed by atoms with van der Waals surface area (Å²) in [7, 11) is 0. The second-order valence-electron chi connectivity index (χ2n) is 4.49. The van der Waals surface area contributed by atoms with Crippen LogP contribution in [-0.4, -0.2) is 6.54 Å². The van der Waals surface area contributed by atoms with Crippen molar-refractivity contribution in [1.29, 1.82) is 0 Å². The molecule has 0 aromatic heterocycles. The van der Waals surface area contributed by atoms with E-state index in [9.17, 15) is 13.2 Å². The van der Waals surface area contributed by atoms with Gasteiger partial charge >= 0.3 is 0 Å². The molecule has 0 aliphatic heterocycles. The van der Waals surface area contributed by atoms with Crippen LogP contribution < -0.4 is 5.73 Å². The van der Waals surface area contributed by atoms with Crippen LogP contribution in [0.5, 0.6) is 0 Å². The van der Waals surface area contributed by atoms with Crippen molar-refractivity contribution >= 4 is 0 Å². The molecule has 0 radical (unpaired) electrons. The molecule has 0 bridgehead atoms. The van der Waals surface area contributed by atoms with Crippen LogP contribution in [0.4, 0.5) is 13.2 Å². The normalized spacial score (nSPS) is 14.1. The second-order valence-corrected chi connectivity index (χ2v) is 4.49. The van der Waals surface area contributed by atoms with Gasteiger partial charge in [-0.1, -0.05) is 30.3 Å². The molecule has 2 aromatic rings. The third-order valence-corrected chi connectivity index (χ3v) is 3.02. The second kappa shape index (κ2) is 5.45. The molecule has 0 fully saturated rings. The Morgan fingerprint density at radius 3 is 2.05 bits per heavy atom. The Morgan fingerprint density at radius 2 is 1.53 bits per heavy atom. The number of hydrogen-bond acceptors (Lipinski definition) is 1. The minimum Gasteiger partial charge on any atom is -0.327 e. The lowest BCUT2D eigenvalue weighted by Crippen LogP contribution is -2.32. The van der Waals surface area contributed by atoms with Crippen molar-refractivity contribution in [3.8, 4) is 0 Å². The minimum atomic E-state index is -1.83. The molecule has 1 unspecified atom stereocenters. The van der Waals surface area contributed by atoms with Crippen molar-refractivity contribution in [2.24, 2.45) is 5.73 Å².